The van der Waals surface area contributed by atoms with Gasteiger partial charge in [0.15, 0.2) is 0 Å². The monoisotopic (exact) mass is 424 g/mol. The standard InChI is InChI=1S/C23H28N4O4/c1-14(2)21(28)27-11-8-18-19(25-13-24-18)20(27)15-6-9-26(10-7-15)22(29)16-4-3-5-17(12-16)23(30)31/h3-5,12-15,20H,6-11H2,1-2H3,(H,24,25)(H,30,31)/t20-/m0/s1. The van der Waals surface area contributed by atoms with Crippen molar-refractivity contribution in [2.45, 2.75) is 39.2 Å². The van der Waals surface area contributed by atoms with Crippen molar-refractivity contribution in [1.82, 2.24) is 19.8 Å². The van der Waals surface area contributed by atoms with Crippen LogP contribution in [0.25, 0.3) is 0 Å². The summed E-state index contributed by atoms with van der Waals surface area (Å²) >= 11 is 0. The molecule has 8 nitrogen and oxygen atoms in total. The van der Waals surface area contributed by atoms with Crippen LogP contribution in [0.5, 0.6) is 0 Å². The van der Waals surface area contributed by atoms with Gasteiger partial charge in [-0.3, -0.25) is 9.59 Å². The Balaban J connectivity index is 1.49. The van der Waals surface area contributed by atoms with Gasteiger partial charge in [-0.1, -0.05) is 19.9 Å². The molecule has 2 N–H and O–H groups in total. The predicted octanol–water partition coefficient (Wildman–Crippen LogP) is 2.74. The van der Waals surface area contributed by atoms with E-state index in [1.807, 2.05) is 18.7 Å². The second kappa shape index (κ2) is 8.53. The van der Waals surface area contributed by atoms with Crippen molar-refractivity contribution < 1.29 is 19.5 Å². The van der Waals surface area contributed by atoms with Crippen molar-refractivity contribution in [3.8, 4) is 0 Å². The van der Waals surface area contributed by atoms with Crippen LogP contribution >= 0.6 is 0 Å². The first kappa shape index (κ1) is 21.1. The first-order valence-electron chi connectivity index (χ1n) is 10.8. The van der Waals surface area contributed by atoms with E-state index in [0.29, 0.717) is 25.2 Å². The average molecular weight is 425 g/mol. The lowest BCUT2D eigenvalue weighted by molar-refractivity contribution is -0.139. The molecular formula is C23H28N4O4. The zero-order chi connectivity index (χ0) is 22.1. The number of aromatic carboxylic acids is 1. The second-order valence-corrected chi connectivity index (χ2v) is 8.66. The van der Waals surface area contributed by atoms with E-state index in [1.54, 1.807) is 23.4 Å². The molecule has 1 aromatic heterocycles. The summed E-state index contributed by atoms with van der Waals surface area (Å²) in [5.41, 5.74) is 2.56. The van der Waals surface area contributed by atoms with Gasteiger partial charge in [0.1, 0.15) is 0 Å². The molecule has 0 aliphatic carbocycles. The van der Waals surface area contributed by atoms with Gasteiger partial charge in [-0.05, 0) is 37.0 Å². The smallest absolute Gasteiger partial charge is 0.335 e. The van der Waals surface area contributed by atoms with Gasteiger partial charge >= 0.3 is 5.97 Å². The zero-order valence-electron chi connectivity index (χ0n) is 17.9. The molecule has 2 aliphatic rings. The zero-order valence-corrected chi connectivity index (χ0v) is 17.9. The van der Waals surface area contributed by atoms with E-state index in [-0.39, 0.29) is 35.3 Å². The molecule has 0 radical (unpaired) electrons. The Bertz CT molecular complexity index is 991. The molecule has 1 saturated heterocycles. The van der Waals surface area contributed by atoms with Crippen LogP contribution in [0.1, 0.15) is 64.8 Å². The van der Waals surface area contributed by atoms with Crippen molar-refractivity contribution in [2.75, 3.05) is 19.6 Å². The highest BCUT2D eigenvalue weighted by Crippen LogP contribution is 2.39. The van der Waals surface area contributed by atoms with Gasteiger partial charge in [-0.25, -0.2) is 9.78 Å². The molecule has 3 heterocycles. The number of aromatic nitrogens is 2. The number of benzene rings is 1. The Hall–Kier alpha value is -3.16. The summed E-state index contributed by atoms with van der Waals surface area (Å²) in [6.07, 6.45) is 4.02. The average Bonchev–Trinajstić information content (AvgIpc) is 3.26. The Labute approximate surface area is 181 Å². The Morgan fingerprint density at radius 1 is 1.13 bits per heavy atom. The molecule has 2 aromatic rings. The minimum absolute atomic E-state index is 0.0718. The predicted molar refractivity (Wildman–Crippen MR) is 114 cm³/mol. The van der Waals surface area contributed by atoms with Crippen LogP contribution in [0.3, 0.4) is 0 Å². The number of rotatable bonds is 4. The molecule has 0 bridgehead atoms. The normalized spacial score (nSPS) is 19.4. The summed E-state index contributed by atoms with van der Waals surface area (Å²) in [6, 6.07) is 6.09. The number of carboxylic acids is 1. The summed E-state index contributed by atoms with van der Waals surface area (Å²) in [6.45, 7) is 5.66. The Morgan fingerprint density at radius 2 is 1.84 bits per heavy atom. The molecule has 0 spiro atoms. The van der Waals surface area contributed by atoms with Crippen molar-refractivity contribution in [1.29, 1.82) is 0 Å². The molecule has 31 heavy (non-hydrogen) atoms. The fourth-order valence-corrected chi connectivity index (χ4v) is 4.75. The van der Waals surface area contributed by atoms with Crippen LogP contribution in [0.2, 0.25) is 0 Å². The number of hydrogen-bond donors (Lipinski definition) is 2. The Kier molecular flexibility index (Phi) is 5.80. The van der Waals surface area contributed by atoms with Crippen molar-refractivity contribution in [3.63, 3.8) is 0 Å². The molecule has 2 aliphatic heterocycles. The van der Waals surface area contributed by atoms with Crippen LogP contribution in [0, 0.1) is 11.8 Å². The molecule has 0 unspecified atom stereocenters. The van der Waals surface area contributed by atoms with Crippen molar-refractivity contribution >= 4 is 17.8 Å². The Morgan fingerprint density at radius 3 is 2.52 bits per heavy atom. The molecular weight excluding hydrogens is 396 g/mol. The molecule has 0 saturated carbocycles. The fourth-order valence-electron chi connectivity index (χ4n) is 4.75. The number of aromatic amines is 1. The third-order valence-electron chi connectivity index (χ3n) is 6.38. The van der Waals surface area contributed by atoms with Crippen LogP contribution in [0.4, 0.5) is 0 Å². The van der Waals surface area contributed by atoms with Crippen LogP contribution in [-0.4, -0.2) is 62.3 Å². The number of hydrogen-bond acceptors (Lipinski definition) is 4. The summed E-state index contributed by atoms with van der Waals surface area (Å²) in [5, 5.41) is 9.19. The van der Waals surface area contributed by atoms with Crippen LogP contribution in [0.15, 0.2) is 30.6 Å². The highest BCUT2D eigenvalue weighted by molar-refractivity contribution is 5.97. The number of carboxylic acid groups (broad SMARTS) is 1. The maximum Gasteiger partial charge on any atom is 0.335 e. The van der Waals surface area contributed by atoms with E-state index < -0.39 is 5.97 Å². The summed E-state index contributed by atoms with van der Waals surface area (Å²) < 4.78 is 0. The van der Waals surface area contributed by atoms with Crippen molar-refractivity contribution in [3.05, 3.63) is 53.1 Å². The quantitative estimate of drug-likeness (QED) is 0.785. The number of nitrogens with zero attached hydrogens (tertiary/aromatic N) is 3. The third kappa shape index (κ3) is 4.06. The molecule has 2 amide bonds. The first-order valence-corrected chi connectivity index (χ1v) is 10.8. The highest BCUT2D eigenvalue weighted by atomic mass is 16.4. The number of likely N-dealkylation sites (tertiary alicyclic amines) is 1. The highest BCUT2D eigenvalue weighted by Gasteiger charge is 2.40. The molecule has 1 atom stereocenters. The van der Waals surface area contributed by atoms with Gasteiger partial charge < -0.3 is 19.9 Å². The second-order valence-electron chi connectivity index (χ2n) is 8.66. The summed E-state index contributed by atoms with van der Waals surface area (Å²) in [4.78, 5) is 48.6. The molecule has 1 aromatic carbocycles. The lowest BCUT2D eigenvalue weighted by Crippen LogP contribution is -2.48. The first-order chi connectivity index (χ1) is 14.9. The molecule has 4 rings (SSSR count). The maximum atomic E-state index is 12.9. The number of carbonyl (C=O) groups excluding carboxylic acids is 2. The van der Waals surface area contributed by atoms with Crippen LogP contribution in [-0.2, 0) is 11.2 Å². The molecule has 1 fully saturated rings. The minimum atomic E-state index is -1.05. The van der Waals surface area contributed by atoms with Gasteiger partial charge in [0.05, 0.1) is 23.6 Å². The van der Waals surface area contributed by atoms with Gasteiger partial charge in [0.25, 0.3) is 5.91 Å². The van der Waals surface area contributed by atoms with E-state index in [0.717, 1.165) is 30.7 Å². The maximum absolute atomic E-state index is 12.9. The third-order valence-corrected chi connectivity index (χ3v) is 6.38. The molecule has 8 heteroatoms. The lowest BCUT2D eigenvalue weighted by Gasteiger charge is -2.43. The SMILES string of the molecule is CC(C)C(=O)N1CCc2[nH]cnc2[C@@H]1C1CCN(C(=O)c2cccc(C(=O)O)c2)CC1. The number of H-pyrrole nitrogens is 1. The van der Waals surface area contributed by atoms with Gasteiger partial charge in [0.2, 0.25) is 5.91 Å². The number of amides is 2. The van der Waals surface area contributed by atoms with E-state index >= 15 is 0 Å². The topological polar surface area (TPSA) is 107 Å². The van der Waals surface area contributed by atoms with Crippen molar-refractivity contribution in [2.24, 2.45) is 11.8 Å². The fraction of sp³-hybridized carbons (Fsp3) is 0.478. The summed E-state index contributed by atoms with van der Waals surface area (Å²) in [7, 11) is 0. The van der Waals surface area contributed by atoms with E-state index in [9.17, 15) is 19.5 Å². The van der Waals surface area contributed by atoms with Gasteiger partial charge in [-0.15, -0.1) is 0 Å². The van der Waals surface area contributed by atoms with E-state index in [4.69, 9.17) is 0 Å². The number of carbonyl (C=O) groups is 3. The lowest BCUT2D eigenvalue weighted by atomic mass is 9.83. The van der Waals surface area contributed by atoms with Gasteiger partial charge in [0, 0.05) is 43.2 Å². The largest absolute Gasteiger partial charge is 0.478 e. The minimum Gasteiger partial charge on any atom is -0.478 e. The summed E-state index contributed by atoms with van der Waals surface area (Å²) in [5.74, 6) is -0.913. The number of nitrogens with one attached hydrogen (secondary N) is 1. The van der Waals surface area contributed by atoms with Crippen LogP contribution < -0.4 is 0 Å². The number of fused-ring (bicyclic) bond motifs is 1. The van der Waals surface area contributed by atoms with E-state index in [1.165, 1.54) is 12.1 Å². The van der Waals surface area contributed by atoms with E-state index in [2.05, 4.69) is 9.97 Å². The number of piperidine rings is 1. The number of imidazole rings is 1. The molecule has 164 valence electrons. The van der Waals surface area contributed by atoms with Gasteiger partial charge in [-0.2, -0.15) is 0 Å².